The fraction of sp³-hybridized carbons (Fsp3) is 0.133. The topological polar surface area (TPSA) is 83.9 Å². The Morgan fingerprint density at radius 2 is 1.95 bits per heavy atom. The van der Waals surface area contributed by atoms with Crippen molar-refractivity contribution >= 4 is 16.7 Å². The molecule has 0 spiro atoms. The van der Waals surface area contributed by atoms with Crippen molar-refractivity contribution in [2.75, 3.05) is 0 Å². The van der Waals surface area contributed by atoms with Gasteiger partial charge in [-0.3, -0.25) is 10.1 Å². The van der Waals surface area contributed by atoms with Crippen LogP contribution in [-0.4, -0.2) is 14.9 Å². The van der Waals surface area contributed by atoms with Gasteiger partial charge in [0.2, 0.25) is 0 Å². The van der Waals surface area contributed by atoms with Crippen molar-refractivity contribution in [2.24, 2.45) is 0 Å². The Balaban J connectivity index is 1.71. The normalized spacial score (nSPS) is 10.9. The maximum absolute atomic E-state index is 11.0. The smallest absolute Gasteiger partial charge is 0.273 e. The van der Waals surface area contributed by atoms with Gasteiger partial charge in [-0.15, -0.1) is 0 Å². The number of benzene rings is 1. The third-order valence-electron chi connectivity index (χ3n) is 3.36. The minimum Gasteiger partial charge on any atom is -0.346 e. The van der Waals surface area contributed by atoms with Gasteiger partial charge in [-0.25, -0.2) is 4.98 Å². The number of fused-ring (bicyclic) bond motifs is 1. The SMILES string of the molecule is O=[N+]([O-])c1ccccc1CNCc1c[nH]c2ncccc12. The number of rotatable bonds is 5. The van der Waals surface area contributed by atoms with E-state index in [4.69, 9.17) is 0 Å². The summed E-state index contributed by atoms with van der Waals surface area (Å²) >= 11 is 0. The quantitative estimate of drug-likeness (QED) is 0.556. The van der Waals surface area contributed by atoms with E-state index < -0.39 is 0 Å². The van der Waals surface area contributed by atoms with Crippen LogP contribution in [-0.2, 0) is 13.1 Å². The van der Waals surface area contributed by atoms with Gasteiger partial charge in [0.25, 0.3) is 5.69 Å². The molecule has 2 aromatic heterocycles. The van der Waals surface area contributed by atoms with E-state index in [-0.39, 0.29) is 10.6 Å². The molecule has 6 heteroatoms. The highest BCUT2D eigenvalue weighted by Crippen LogP contribution is 2.18. The van der Waals surface area contributed by atoms with Crippen molar-refractivity contribution in [1.82, 2.24) is 15.3 Å². The molecule has 0 saturated heterocycles. The van der Waals surface area contributed by atoms with Gasteiger partial charge in [-0.2, -0.15) is 0 Å². The Labute approximate surface area is 121 Å². The number of nitro benzene ring substituents is 1. The second kappa shape index (κ2) is 5.72. The van der Waals surface area contributed by atoms with Crippen molar-refractivity contribution in [3.05, 3.63) is 70.0 Å². The van der Waals surface area contributed by atoms with E-state index in [0.29, 0.717) is 18.7 Å². The van der Waals surface area contributed by atoms with Crippen LogP contribution in [0.3, 0.4) is 0 Å². The highest BCUT2D eigenvalue weighted by Gasteiger charge is 2.11. The molecule has 0 aliphatic carbocycles. The maximum atomic E-state index is 11.0. The van der Waals surface area contributed by atoms with Crippen LogP contribution in [0.15, 0.2) is 48.8 Å². The zero-order valence-corrected chi connectivity index (χ0v) is 11.2. The van der Waals surface area contributed by atoms with Crippen LogP contribution in [0.4, 0.5) is 5.69 Å². The minimum absolute atomic E-state index is 0.144. The molecule has 2 heterocycles. The van der Waals surface area contributed by atoms with Crippen molar-refractivity contribution in [2.45, 2.75) is 13.1 Å². The summed E-state index contributed by atoms with van der Waals surface area (Å²) in [6, 6.07) is 10.7. The summed E-state index contributed by atoms with van der Waals surface area (Å²) in [5.41, 5.74) is 2.77. The fourth-order valence-electron chi connectivity index (χ4n) is 2.33. The molecule has 6 nitrogen and oxygen atoms in total. The summed E-state index contributed by atoms with van der Waals surface area (Å²) in [6.07, 6.45) is 3.65. The first-order chi connectivity index (χ1) is 10.3. The Kier molecular flexibility index (Phi) is 3.61. The highest BCUT2D eigenvalue weighted by atomic mass is 16.6. The number of nitro groups is 1. The first kappa shape index (κ1) is 13.3. The lowest BCUT2D eigenvalue weighted by molar-refractivity contribution is -0.385. The Morgan fingerprint density at radius 1 is 1.14 bits per heavy atom. The molecule has 0 bridgehead atoms. The lowest BCUT2D eigenvalue weighted by Gasteiger charge is -2.05. The Hall–Kier alpha value is -2.73. The van der Waals surface area contributed by atoms with Crippen LogP contribution in [0.1, 0.15) is 11.1 Å². The summed E-state index contributed by atoms with van der Waals surface area (Å²) < 4.78 is 0. The van der Waals surface area contributed by atoms with Crippen LogP contribution in [0.25, 0.3) is 11.0 Å². The second-order valence-corrected chi connectivity index (χ2v) is 4.70. The van der Waals surface area contributed by atoms with Gasteiger partial charge < -0.3 is 10.3 Å². The molecule has 3 rings (SSSR count). The number of aromatic amines is 1. The predicted octanol–water partition coefficient (Wildman–Crippen LogP) is 2.76. The number of hydrogen-bond donors (Lipinski definition) is 2. The van der Waals surface area contributed by atoms with E-state index in [1.54, 1.807) is 24.4 Å². The van der Waals surface area contributed by atoms with Crippen LogP contribution < -0.4 is 5.32 Å². The van der Waals surface area contributed by atoms with Crippen LogP contribution in [0.5, 0.6) is 0 Å². The third kappa shape index (κ3) is 2.75. The molecule has 0 atom stereocenters. The van der Waals surface area contributed by atoms with Gasteiger partial charge in [-0.1, -0.05) is 18.2 Å². The molecule has 1 aromatic carbocycles. The largest absolute Gasteiger partial charge is 0.346 e. The van der Waals surface area contributed by atoms with Gasteiger partial charge in [0.05, 0.1) is 4.92 Å². The first-order valence-corrected chi connectivity index (χ1v) is 6.59. The first-order valence-electron chi connectivity index (χ1n) is 6.59. The standard InChI is InChI=1S/C15H14N4O2/c20-19(21)14-6-2-1-4-11(14)8-16-9-12-10-18-15-13(12)5-3-7-17-15/h1-7,10,16H,8-9H2,(H,17,18). The molecule has 106 valence electrons. The zero-order valence-electron chi connectivity index (χ0n) is 11.2. The number of H-pyrrole nitrogens is 1. The number of para-hydroxylation sites is 1. The Morgan fingerprint density at radius 3 is 2.81 bits per heavy atom. The second-order valence-electron chi connectivity index (χ2n) is 4.70. The van der Waals surface area contributed by atoms with Crippen molar-refractivity contribution in [1.29, 1.82) is 0 Å². The van der Waals surface area contributed by atoms with Gasteiger partial charge in [0.1, 0.15) is 5.65 Å². The van der Waals surface area contributed by atoms with Crippen molar-refractivity contribution in [3.8, 4) is 0 Å². The van der Waals surface area contributed by atoms with Gasteiger partial charge >= 0.3 is 0 Å². The fourth-order valence-corrected chi connectivity index (χ4v) is 2.33. The molecule has 0 unspecified atom stereocenters. The molecule has 0 amide bonds. The summed E-state index contributed by atoms with van der Waals surface area (Å²) in [6.45, 7) is 1.07. The molecular formula is C15H14N4O2. The van der Waals surface area contributed by atoms with E-state index in [0.717, 1.165) is 16.6 Å². The van der Waals surface area contributed by atoms with Gasteiger partial charge in [0.15, 0.2) is 0 Å². The number of nitrogens with zero attached hydrogens (tertiary/aromatic N) is 2. The number of aromatic nitrogens is 2. The van der Waals surface area contributed by atoms with Crippen LogP contribution in [0.2, 0.25) is 0 Å². The number of hydrogen-bond acceptors (Lipinski definition) is 4. The molecule has 0 radical (unpaired) electrons. The predicted molar refractivity (Wildman–Crippen MR) is 79.7 cm³/mol. The van der Waals surface area contributed by atoms with E-state index >= 15 is 0 Å². The molecule has 0 saturated carbocycles. The van der Waals surface area contributed by atoms with Crippen LogP contribution in [0, 0.1) is 10.1 Å². The highest BCUT2D eigenvalue weighted by molar-refractivity contribution is 5.79. The van der Waals surface area contributed by atoms with E-state index in [2.05, 4.69) is 15.3 Å². The molecule has 0 aliphatic rings. The molecule has 0 aliphatic heterocycles. The lowest BCUT2D eigenvalue weighted by Crippen LogP contribution is -2.13. The van der Waals surface area contributed by atoms with E-state index in [1.807, 2.05) is 18.3 Å². The third-order valence-corrected chi connectivity index (χ3v) is 3.36. The minimum atomic E-state index is -0.355. The lowest BCUT2D eigenvalue weighted by atomic mass is 10.1. The average molecular weight is 282 g/mol. The molecule has 0 fully saturated rings. The molecule has 21 heavy (non-hydrogen) atoms. The van der Waals surface area contributed by atoms with E-state index in [9.17, 15) is 10.1 Å². The molecule has 3 aromatic rings. The summed E-state index contributed by atoms with van der Waals surface area (Å²) in [7, 11) is 0. The zero-order chi connectivity index (χ0) is 14.7. The maximum Gasteiger partial charge on any atom is 0.273 e. The van der Waals surface area contributed by atoms with Gasteiger partial charge in [0, 0.05) is 42.5 Å². The van der Waals surface area contributed by atoms with Gasteiger partial charge in [-0.05, 0) is 17.7 Å². The molecule has 2 N–H and O–H groups in total. The monoisotopic (exact) mass is 282 g/mol. The van der Waals surface area contributed by atoms with E-state index in [1.165, 1.54) is 6.07 Å². The summed E-state index contributed by atoms with van der Waals surface area (Å²) in [5.74, 6) is 0. The number of pyridine rings is 1. The van der Waals surface area contributed by atoms with Crippen LogP contribution >= 0.6 is 0 Å². The number of nitrogens with one attached hydrogen (secondary N) is 2. The average Bonchev–Trinajstić information content (AvgIpc) is 2.91. The van der Waals surface area contributed by atoms with Crippen molar-refractivity contribution < 1.29 is 4.92 Å². The summed E-state index contributed by atoms with van der Waals surface area (Å²) in [5, 5.41) is 15.3. The summed E-state index contributed by atoms with van der Waals surface area (Å²) in [4.78, 5) is 17.9. The molecular weight excluding hydrogens is 268 g/mol. The van der Waals surface area contributed by atoms with Crippen molar-refractivity contribution in [3.63, 3.8) is 0 Å². The Bertz CT molecular complexity index is 782.